The van der Waals surface area contributed by atoms with Crippen LogP contribution in [0.15, 0.2) is 60.7 Å². The van der Waals surface area contributed by atoms with Crippen LogP contribution in [0, 0.1) is 0 Å². The second-order valence-corrected chi connectivity index (χ2v) is 10.7. The predicted molar refractivity (Wildman–Crippen MR) is 192 cm³/mol. The number of phenolic OH excluding ortho intramolecular Hbond substituents is 10. The van der Waals surface area contributed by atoms with E-state index in [1.165, 1.54) is 0 Å². The van der Waals surface area contributed by atoms with Crippen LogP contribution in [0.1, 0.15) is 51.8 Å². The summed E-state index contributed by atoms with van der Waals surface area (Å²) in [6, 6.07) is 7.82. The van der Waals surface area contributed by atoms with Gasteiger partial charge in [0.1, 0.15) is 57.5 Å². The van der Waals surface area contributed by atoms with Crippen molar-refractivity contribution >= 4 is 57.3 Å². The molecule has 15 N–H and O–H groups in total. The van der Waals surface area contributed by atoms with Crippen LogP contribution >= 0.6 is 0 Å². The van der Waals surface area contributed by atoms with Crippen LogP contribution in [-0.4, -0.2) is 134 Å². The fourth-order valence-electron chi connectivity index (χ4n) is 3.61. The molecule has 0 aromatic heterocycles. The zero-order chi connectivity index (χ0) is 46.5. The molecule has 27 heteroatoms. The molecule has 0 aliphatic carbocycles. The maximum absolute atomic E-state index is 10.7. The molecule has 5 rings (SSSR count). The summed E-state index contributed by atoms with van der Waals surface area (Å²) in [4.78, 5) is 51.5. The average Bonchev–Trinajstić information content (AvgIpc) is 3.15. The number of carboxylic acid groups (broad SMARTS) is 5. The van der Waals surface area contributed by atoms with Crippen LogP contribution in [0.3, 0.4) is 0 Å². The summed E-state index contributed by atoms with van der Waals surface area (Å²) < 4.78 is 0. The molecule has 0 atom stereocenters. The molecule has 0 spiro atoms. The summed E-state index contributed by atoms with van der Waals surface area (Å²) in [5.74, 6) is -19.2. The molecule has 25 nitrogen and oxygen atoms in total. The first-order valence-corrected chi connectivity index (χ1v) is 14.9. The summed E-state index contributed by atoms with van der Waals surface area (Å²) >= 11 is 0. The molecule has 0 saturated heterocycles. The van der Waals surface area contributed by atoms with Crippen LogP contribution in [0.2, 0.25) is 0 Å². The Kier molecular flexibility index (Phi) is 21.0. The summed E-state index contributed by atoms with van der Waals surface area (Å²) in [5.41, 5.74) is -1.65. The SMILES string of the molecule is O=C(O)c1cc(O)c([O-])c(O)c1.O=C(O)c1cc(O)c([O-])c(O)c1.O=C(O)c1cc(O)c([O-])c(O)c1.O=C(O)c1cc(O)c([O-])c(O)c1.O=C(O)c1cc(O)c([O-])c(O)c1.[Al+3].[Be+2]. The Morgan fingerprint density at radius 3 is 0.419 bits per heavy atom. The van der Waals surface area contributed by atoms with E-state index < -0.39 is 116 Å². The topological polar surface area (TPSA) is 504 Å². The molecule has 0 amide bonds. The minimum absolute atomic E-state index is 0. The van der Waals surface area contributed by atoms with Crippen molar-refractivity contribution in [3.63, 3.8) is 0 Å². The maximum Gasteiger partial charge on any atom is 3.00 e. The van der Waals surface area contributed by atoms with Gasteiger partial charge in [-0.25, -0.2) is 24.0 Å². The first kappa shape index (κ1) is 55.2. The van der Waals surface area contributed by atoms with Gasteiger partial charge in [-0.2, -0.15) is 0 Å². The third-order valence-electron chi connectivity index (χ3n) is 6.48. The third-order valence-corrected chi connectivity index (χ3v) is 6.48. The third kappa shape index (κ3) is 15.5. The Balaban J connectivity index is 0. The monoisotopic (exact) mass is 881 g/mol. The molecule has 0 unspecified atom stereocenters. The Morgan fingerprint density at radius 2 is 0.355 bits per heavy atom. The molecule has 5 aromatic carbocycles. The van der Waals surface area contributed by atoms with Gasteiger partial charge in [-0.1, -0.05) is 0 Å². The quantitative estimate of drug-likeness (QED) is 0.0901. The van der Waals surface area contributed by atoms with Crippen molar-refractivity contribution in [2.24, 2.45) is 0 Å². The Morgan fingerprint density at radius 1 is 0.274 bits per heavy atom. The minimum atomic E-state index is -1.32. The van der Waals surface area contributed by atoms with Gasteiger partial charge in [0.25, 0.3) is 0 Å². The van der Waals surface area contributed by atoms with Gasteiger partial charge in [-0.3, -0.25) is 0 Å². The number of hydrogen-bond acceptors (Lipinski definition) is 20. The molecule has 320 valence electrons. The number of carboxylic acids is 5. The fraction of sp³-hybridized carbons (Fsp3) is 0. The number of rotatable bonds is 5. The molecule has 0 bridgehead atoms. The number of benzene rings is 5. The Hall–Kier alpha value is -8.85. The van der Waals surface area contributed by atoms with Gasteiger partial charge < -0.3 is 102 Å². The van der Waals surface area contributed by atoms with Crippen LogP contribution in [0.5, 0.6) is 86.2 Å². The standard InChI is InChI=1S/5C7H6O5.Al.Be/c5*8-4-1-3(7(11)12)2-5(9)6(4)10;;/h5*1-2,8-10H,(H,11,12);;/q;;;;;+3;+2/p-5. The zero-order valence-corrected chi connectivity index (χ0v) is 31.5. The molecule has 0 aliphatic heterocycles. The number of carbonyl (C=O) groups is 5. The molecule has 0 fully saturated rings. The van der Waals surface area contributed by atoms with Gasteiger partial charge >= 0.3 is 57.3 Å². The Bertz CT molecular complexity index is 1940. The van der Waals surface area contributed by atoms with E-state index in [9.17, 15) is 49.5 Å². The summed E-state index contributed by atoms with van der Waals surface area (Å²) in [5, 5.41) is 183. The largest absolute Gasteiger partial charge is 3.00 e. The van der Waals surface area contributed by atoms with Gasteiger partial charge in [-0.05, 0) is 89.4 Å². The number of aromatic hydroxyl groups is 10. The van der Waals surface area contributed by atoms with Crippen LogP contribution in [0.25, 0.3) is 0 Å². The van der Waals surface area contributed by atoms with Gasteiger partial charge in [-0.15, -0.1) is 0 Å². The van der Waals surface area contributed by atoms with E-state index in [1.807, 2.05) is 0 Å². The van der Waals surface area contributed by atoms with Crippen molar-refractivity contribution in [2.75, 3.05) is 0 Å². The molecular formula is C35H25AlBeO25. The first-order chi connectivity index (χ1) is 27.6. The molecule has 0 saturated carbocycles. The molecule has 0 aliphatic rings. The van der Waals surface area contributed by atoms with E-state index >= 15 is 0 Å². The van der Waals surface area contributed by atoms with Crippen molar-refractivity contribution in [1.29, 1.82) is 0 Å². The van der Waals surface area contributed by atoms with Gasteiger partial charge in [0.15, 0.2) is 0 Å². The molecular weight excluding hydrogens is 856 g/mol. The second kappa shape index (κ2) is 23.5. The number of hydrogen-bond donors (Lipinski definition) is 15. The van der Waals surface area contributed by atoms with E-state index in [-0.39, 0.29) is 55.3 Å². The second-order valence-electron chi connectivity index (χ2n) is 10.7. The van der Waals surface area contributed by atoms with Crippen molar-refractivity contribution in [3.8, 4) is 86.2 Å². The molecule has 0 radical (unpaired) electrons. The maximum atomic E-state index is 10.7. The Labute approximate surface area is 357 Å². The van der Waals surface area contributed by atoms with E-state index in [4.69, 9.17) is 76.6 Å². The number of aromatic carboxylic acids is 5. The van der Waals surface area contributed by atoms with E-state index in [1.54, 1.807) is 0 Å². The van der Waals surface area contributed by atoms with Crippen molar-refractivity contribution < 1.29 is 126 Å². The van der Waals surface area contributed by atoms with E-state index in [0.717, 1.165) is 60.7 Å². The van der Waals surface area contributed by atoms with Gasteiger partial charge in [0.2, 0.25) is 0 Å². The van der Waals surface area contributed by atoms with Crippen LogP contribution in [0.4, 0.5) is 0 Å². The summed E-state index contributed by atoms with van der Waals surface area (Å²) in [7, 11) is 0. The zero-order valence-electron chi connectivity index (χ0n) is 30.3. The van der Waals surface area contributed by atoms with Gasteiger partial charge in [0, 0.05) is 0 Å². The van der Waals surface area contributed by atoms with E-state index in [2.05, 4.69) is 0 Å². The van der Waals surface area contributed by atoms with Crippen LogP contribution < -0.4 is 25.5 Å². The molecule has 62 heavy (non-hydrogen) atoms. The minimum Gasteiger partial charge on any atom is -0.867 e. The van der Waals surface area contributed by atoms with Crippen LogP contribution in [-0.2, 0) is 0 Å². The molecule has 5 aromatic rings. The van der Waals surface area contributed by atoms with Gasteiger partial charge in [0.05, 0.1) is 27.8 Å². The average molecular weight is 882 g/mol. The van der Waals surface area contributed by atoms with E-state index in [0.29, 0.717) is 0 Å². The predicted octanol–water partition coefficient (Wildman–Crippen LogP) is -1.41. The summed E-state index contributed by atoms with van der Waals surface area (Å²) in [6.07, 6.45) is 0. The number of phenols is 10. The van der Waals surface area contributed by atoms with Crippen molar-refractivity contribution in [1.82, 2.24) is 0 Å². The fourth-order valence-corrected chi connectivity index (χ4v) is 3.61. The first-order valence-electron chi connectivity index (χ1n) is 14.9. The smallest absolute Gasteiger partial charge is 0.867 e. The van der Waals surface area contributed by atoms with Crippen molar-refractivity contribution in [2.45, 2.75) is 0 Å². The summed E-state index contributed by atoms with van der Waals surface area (Å²) in [6.45, 7) is 0. The molecule has 0 heterocycles. The van der Waals surface area contributed by atoms with Crippen molar-refractivity contribution in [3.05, 3.63) is 88.5 Å². The normalized spacial score (nSPS) is 9.35.